The third kappa shape index (κ3) is 2.97. The van der Waals surface area contributed by atoms with Gasteiger partial charge in [-0.25, -0.2) is 9.48 Å². The second kappa shape index (κ2) is 6.79. The molecule has 2 fully saturated rings. The number of urea groups is 1. The molecule has 25 heavy (non-hydrogen) atoms. The van der Waals surface area contributed by atoms with Crippen LogP contribution in [0.15, 0.2) is 30.3 Å². The predicted molar refractivity (Wildman–Crippen MR) is 90.9 cm³/mol. The van der Waals surface area contributed by atoms with Gasteiger partial charge in [0.25, 0.3) is 0 Å². The van der Waals surface area contributed by atoms with Crippen LogP contribution >= 0.6 is 0 Å². The molecule has 0 spiro atoms. The summed E-state index contributed by atoms with van der Waals surface area (Å²) in [7, 11) is 0. The van der Waals surface area contributed by atoms with E-state index in [4.69, 9.17) is 0 Å². The molecule has 1 aliphatic carbocycles. The lowest BCUT2D eigenvalue weighted by molar-refractivity contribution is 0.141. The number of hydrogen-bond donors (Lipinski definition) is 2. The Morgan fingerprint density at radius 2 is 2.00 bits per heavy atom. The van der Waals surface area contributed by atoms with Gasteiger partial charge in [-0.15, -0.1) is 5.10 Å². The minimum absolute atomic E-state index is 0.0658. The van der Waals surface area contributed by atoms with E-state index < -0.39 is 0 Å². The molecule has 2 amide bonds. The quantitative estimate of drug-likeness (QED) is 0.887. The standard InChI is InChI=1S/C17H22N6O2/c24-11-14-9-10-15(16-19-20-21-23(16)13-7-4-8-13)22(14)17(25)18-12-5-2-1-3-6-12/h1-3,5-6,13-15,24H,4,7-11H2,(H,18,25)/t14-,15-/m0/s1. The fourth-order valence-electron chi connectivity index (χ4n) is 3.64. The van der Waals surface area contributed by atoms with Gasteiger partial charge in [-0.1, -0.05) is 18.2 Å². The van der Waals surface area contributed by atoms with E-state index in [1.54, 1.807) is 4.90 Å². The van der Waals surface area contributed by atoms with Gasteiger partial charge in [0, 0.05) is 5.69 Å². The first-order chi connectivity index (χ1) is 12.3. The number of nitrogens with zero attached hydrogens (tertiary/aromatic N) is 5. The molecular formula is C17H22N6O2. The molecule has 2 N–H and O–H groups in total. The van der Waals surface area contributed by atoms with Gasteiger partial charge in [-0.3, -0.25) is 0 Å². The molecule has 0 radical (unpaired) electrons. The van der Waals surface area contributed by atoms with Crippen molar-refractivity contribution in [3.05, 3.63) is 36.2 Å². The molecular weight excluding hydrogens is 320 g/mol. The molecule has 1 aromatic heterocycles. The lowest BCUT2D eigenvalue weighted by atomic mass is 9.93. The summed E-state index contributed by atoms with van der Waals surface area (Å²) in [5, 5.41) is 24.8. The van der Waals surface area contributed by atoms with Crippen LogP contribution in [0.1, 0.15) is 50.0 Å². The number of carbonyl (C=O) groups is 1. The maximum absolute atomic E-state index is 12.9. The lowest BCUT2D eigenvalue weighted by Crippen LogP contribution is -2.43. The molecule has 2 aromatic rings. The molecule has 2 atom stereocenters. The van der Waals surface area contributed by atoms with Gasteiger partial charge >= 0.3 is 6.03 Å². The normalized spacial score (nSPS) is 23.5. The number of carbonyl (C=O) groups excluding carboxylic acids is 1. The maximum atomic E-state index is 12.9. The zero-order valence-corrected chi connectivity index (χ0v) is 14.0. The first-order valence-electron chi connectivity index (χ1n) is 8.81. The van der Waals surface area contributed by atoms with Crippen molar-refractivity contribution in [3.8, 4) is 0 Å². The molecule has 4 rings (SSSR count). The third-order valence-electron chi connectivity index (χ3n) is 5.21. The third-order valence-corrected chi connectivity index (χ3v) is 5.21. The number of nitrogens with one attached hydrogen (secondary N) is 1. The molecule has 132 valence electrons. The molecule has 1 saturated heterocycles. The van der Waals surface area contributed by atoms with Gasteiger partial charge < -0.3 is 15.3 Å². The highest BCUT2D eigenvalue weighted by Gasteiger charge is 2.41. The van der Waals surface area contributed by atoms with Crippen LogP contribution in [0, 0.1) is 0 Å². The Morgan fingerprint density at radius 3 is 2.68 bits per heavy atom. The van der Waals surface area contributed by atoms with Gasteiger partial charge in [-0.05, 0) is 54.7 Å². The smallest absolute Gasteiger partial charge is 0.322 e. The second-order valence-corrected chi connectivity index (χ2v) is 6.70. The Hall–Kier alpha value is -2.48. The van der Waals surface area contributed by atoms with E-state index in [-0.39, 0.29) is 24.7 Å². The summed E-state index contributed by atoms with van der Waals surface area (Å²) < 4.78 is 1.87. The Labute approximate surface area is 145 Å². The SMILES string of the molecule is O=C(Nc1ccccc1)N1[C@H](CO)CC[C@H]1c1nnnn1C1CCC1. The molecule has 1 aliphatic heterocycles. The summed E-state index contributed by atoms with van der Waals surface area (Å²) >= 11 is 0. The Balaban J connectivity index is 1.58. The molecule has 1 saturated carbocycles. The highest BCUT2D eigenvalue weighted by atomic mass is 16.3. The molecule has 0 bridgehead atoms. The number of amides is 2. The van der Waals surface area contributed by atoms with E-state index in [0.717, 1.165) is 37.2 Å². The summed E-state index contributed by atoms with van der Waals surface area (Å²) in [5.41, 5.74) is 0.730. The van der Waals surface area contributed by atoms with Crippen molar-refractivity contribution in [1.29, 1.82) is 0 Å². The van der Waals surface area contributed by atoms with Crippen LogP contribution in [0.25, 0.3) is 0 Å². The van der Waals surface area contributed by atoms with Crippen LogP contribution in [0.2, 0.25) is 0 Å². The molecule has 0 unspecified atom stereocenters. The number of aliphatic hydroxyl groups excluding tert-OH is 1. The molecule has 2 heterocycles. The summed E-state index contributed by atoms with van der Waals surface area (Å²) in [5.74, 6) is 0.726. The minimum atomic E-state index is -0.226. The highest BCUT2D eigenvalue weighted by molar-refractivity contribution is 5.90. The predicted octanol–water partition coefficient (Wildman–Crippen LogP) is 2.13. The lowest BCUT2D eigenvalue weighted by Gasteiger charge is -2.31. The van der Waals surface area contributed by atoms with Crippen LogP contribution in [0.3, 0.4) is 0 Å². The number of aliphatic hydroxyl groups is 1. The first kappa shape index (κ1) is 16.0. The zero-order valence-electron chi connectivity index (χ0n) is 14.0. The number of hydrogen-bond acceptors (Lipinski definition) is 5. The van der Waals surface area contributed by atoms with Crippen molar-refractivity contribution in [2.24, 2.45) is 0 Å². The van der Waals surface area contributed by atoms with Gasteiger partial charge in [0.2, 0.25) is 0 Å². The fraction of sp³-hybridized carbons (Fsp3) is 0.529. The van der Waals surface area contributed by atoms with Gasteiger partial charge in [0.15, 0.2) is 5.82 Å². The van der Waals surface area contributed by atoms with Crippen LogP contribution in [-0.4, -0.2) is 48.9 Å². The van der Waals surface area contributed by atoms with Gasteiger partial charge in [0.05, 0.1) is 24.7 Å². The maximum Gasteiger partial charge on any atom is 0.322 e. The second-order valence-electron chi connectivity index (χ2n) is 6.70. The van der Waals surface area contributed by atoms with E-state index in [1.807, 2.05) is 35.0 Å². The average Bonchev–Trinajstić information content (AvgIpc) is 3.20. The van der Waals surface area contributed by atoms with E-state index >= 15 is 0 Å². The zero-order chi connectivity index (χ0) is 17.2. The van der Waals surface area contributed by atoms with Crippen molar-refractivity contribution in [2.75, 3.05) is 11.9 Å². The summed E-state index contributed by atoms with van der Waals surface area (Å²) in [6, 6.07) is 9.00. The number of aromatic nitrogens is 4. The van der Waals surface area contributed by atoms with Crippen LogP contribution in [-0.2, 0) is 0 Å². The van der Waals surface area contributed by atoms with Gasteiger partial charge in [-0.2, -0.15) is 0 Å². The Kier molecular flexibility index (Phi) is 4.35. The van der Waals surface area contributed by atoms with Crippen LogP contribution < -0.4 is 5.32 Å². The van der Waals surface area contributed by atoms with E-state index in [0.29, 0.717) is 6.04 Å². The monoisotopic (exact) mass is 342 g/mol. The van der Waals surface area contributed by atoms with Gasteiger partial charge in [0.1, 0.15) is 0 Å². The topological polar surface area (TPSA) is 96.2 Å². The van der Waals surface area contributed by atoms with Crippen LogP contribution in [0.4, 0.5) is 10.5 Å². The Bertz CT molecular complexity index is 730. The molecule has 8 heteroatoms. The van der Waals surface area contributed by atoms with E-state index in [1.165, 1.54) is 6.42 Å². The van der Waals surface area contributed by atoms with Crippen molar-refractivity contribution in [1.82, 2.24) is 25.1 Å². The fourth-order valence-corrected chi connectivity index (χ4v) is 3.64. The highest BCUT2D eigenvalue weighted by Crippen LogP contribution is 2.39. The number of tetrazole rings is 1. The number of benzene rings is 1. The van der Waals surface area contributed by atoms with Crippen LogP contribution in [0.5, 0.6) is 0 Å². The molecule has 1 aromatic carbocycles. The van der Waals surface area contributed by atoms with Crippen molar-refractivity contribution < 1.29 is 9.90 Å². The minimum Gasteiger partial charge on any atom is -0.394 e. The summed E-state index contributed by atoms with van der Waals surface area (Å²) in [6.07, 6.45) is 4.82. The van der Waals surface area contributed by atoms with Crippen molar-refractivity contribution in [2.45, 2.75) is 50.2 Å². The first-order valence-corrected chi connectivity index (χ1v) is 8.81. The number of para-hydroxylation sites is 1. The van der Waals surface area contributed by atoms with E-state index in [9.17, 15) is 9.90 Å². The molecule has 2 aliphatic rings. The summed E-state index contributed by atoms with van der Waals surface area (Å²) in [4.78, 5) is 14.6. The molecule has 8 nitrogen and oxygen atoms in total. The van der Waals surface area contributed by atoms with E-state index in [2.05, 4.69) is 20.8 Å². The number of anilines is 1. The van der Waals surface area contributed by atoms with Crippen molar-refractivity contribution >= 4 is 11.7 Å². The Morgan fingerprint density at radius 1 is 1.20 bits per heavy atom. The van der Waals surface area contributed by atoms with Crippen molar-refractivity contribution in [3.63, 3.8) is 0 Å². The number of rotatable bonds is 4. The summed E-state index contributed by atoms with van der Waals surface area (Å²) in [6.45, 7) is -0.0658. The average molecular weight is 342 g/mol. The number of likely N-dealkylation sites (tertiary alicyclic amines) is 1. The largest absolute Gasteiger partial charge is 0.394 e.